The van der Waals surface area contributed by atoms with Gasteiger partial charge in [-0.15, -0.1) is 0 Å². The standard InChI is InChI=1S/C12H13BrN2O/c1-2-12-14-5-6-15(12)10-4-3-9(8-16)11(13)7-10/h3-7,16H,2,8H2,1H3. The van der Waals surface area contributed by atoms with E-state index in [-0.39, 0.29) is 6.61 Å². The number of rotatable bonds is 3. The maximum Gasteiger partial charge on any atom is 0.112 e. The lowest BCUT2D eigenvalue weighted by atomic mass is 10.2. The fraction of sp³-hybridized carbons (Fsp3) is 0.250. The fourth-order valence-electron chi connectivity index (χ4n) is 1.65. The molecule has 84 valence electrons. The molecule has 0 unspecified atom stereocenters. The van der Waals surface area contributed by atoms with Gasteiger partial charge in [-0.05, 0) is 17.7 Å². The summed E-state index contributed by atoms with van der Waals surface area (Å²) >= 11 is 3.45. The molecule has 2 aromatic rings. The highest BCUT2D eigenvalue weighted by molar-refractivity contribution is 9.10. The maximum absolute atomic E-state index is 9.09. The fourth-order valence-corrected chi connectivity index (χ4v) is 2.14. The number of halogens is 1. The summed E-state index contributed by atoms with van der Waals surface area (Å²) in [4.78, 5) is 4.28. The first kappa shape index (κ1) is 11.4. The number of imidazole rings is 1. The number of hydrogen-bond acceptors (Lipinski definition) is 2. The average molecular weight is 281 g/mol. The molecule has 16 heavy (non-hydrogen) atoms. The van der Waals surface area contributed by atoms with Crippen LogP contribution in [-0.4, -0.2) is 14.7 Å². The molecule has 0 aliphatic carbocycles. The van der Waals surface area contributed by atoms with E-state index in [2.05, 4.69) is 27.8 Å². The van der Waals surface area contributed by atoms with Crippen molar-refractivity contribution in [2.45, 2.75) is 20.0 Å². The minimum atomic E-state index is 0.0471. The minimum absolute atomic E-state index is 0.0471. The smallest absolute Gasteiger partial charge is 0.112 e. The number of aliphatic hydroxyl groups is 1. The van der Waals surface area contributed by atoms with Gasteiger partial charge in [-0.2, -0.15) is 0 Å². The summed E-state index contributed by atoms with van der Waals surface area (Å²) in [7, 11) is 0. The first-order chi connectivity index (χ1) is 7.76. The molecule has 0 bridgehead atoms. The molecule has 0 saturated heterocycles. The van der Waals surface area contributed by atoms with Crippen molar-refractivity contribution in [2.24, 2.45) is 0 Å². The van der Waals surface area contributed by atoms with Gasteiger partial charge in [0.15, 0.2) is 0 Å². The van der Waals surface area contributed by atoms with Crippen molar-refractivity contribution < 1.29 is 5.11 Å². The number of aliphatic hydroxyl groups excluding tert-OH is 1. The van der Waals surface area contributed by atoms with Crippen LogP contribution in [0.15, 0.2) is 35.1 Å². The van der Waals surface area contributed by atoms with Crippen molar-refractivity contribution in [3.8, 4) is 5.69 Å². The monoisotopic (exact) mass is 280 g/mol. The molecular formula is C12H13BrN2O. The second-order valence-electron chi connectivity index (χ2n) is 3.50. The van der Waals surface area contributed by atoms with Crippen LogP contribution in [0.1, 0.15) is 18.3 Å². The zero-order valence-corrected chi connectivity index (χ0v) is 10.6. The third-order valence-electron chi connectivity index (χ3n) is 2.52. The Kier molecular flexibility index (Phi) is 3.41. The quantitative estimate of drug-likeness (QED) is 0.939. The first-order valence-electron chi connectivity index (χ1n) is 5.18. The van der Waals surface area contributed by atoms with Crippen LogP contribution in [0, 0.1) is 0 Å². The van der Waals surface area contributed by atoms with E-state index in [9.17, 15) is 0 Å². The number of aryl methyl sites for hydroxylation is 1. The van der Waals surface area contributed by atoms with Crippen LogP contribution in [0.4, 0.5) is 0 Å². The van der Waals surface area contributed by atoms with Gasteiger partial charge in [-0.3, -0.25) is 0 Å². The first-order valence-corrected chi connectivity index (χ1v) is 5.97. The van der Waals surface area contributed by atoms with E-state index in [1.54, 1.807) is 6.20 Å². The molecule has 1 N–H and O–H groups in total. The summed E-state index contributed by atoms with van der Waals surface area (Å²) < 4.78 is 2.97. The zero-order chi connectivity index (χ0) is 11.5. The second kappa shape index (κ2) is 4.80. The maximum atomic E-state index is 9.09. The molecule has 1 aromatic carbocycles. The molecule has 0 amide bonds. The van der Waals surface area contributed by atoms with Crippen LogP contribution in [0.25, 0.3) is 5.69 Å². The number of benzene rings is 1. The van der Waals surface area contributed by atoms with E-state index in [4.69, 9.17) is 5.11 Å². The number of nitrogens with zero attached hydrogens (tertiary/aromatic N) is 2. The van der Waals surface area contributed by atoms with Crippen molar-refractivity contribution in [2.75, 3.05) is 0 Å². The molecule has 1 aromatic heterocycles. The van der Waals surface area contributed by atoms with E-state index >= 15 is 0 Å². The Labute approximate surface area is 103 Å². The van der Waals surface area contributed by atoms with E-state index in [0.29, 0.717) is 0 Å². The summed E-state index contributed by atoms with van der Waals surface area (Å²) in [5, 5.41) is 9.09. The Bertz CT molecular complexity index is 494. The van der Waals surface area contributed by atoms with Crippen molar-refractivity contribution in [1.29, 1.82) is 0 Å². The summed E-state index contributed by atoms with van der Waals surface area (Å²) in [6, 6.07) is 5.89. The Morgan fingerprint density at radius 3 is 2.88 bits per heavy atom. The van der Waals surface area contributed by atoms with Gasteiger partial charge < -0.3 is 9.67 Å². The molecule has 3 nitrogen and oxygen atoms in total. The summed E-state index contributed by atoms with van der Waals surface area (Å²) in [5.41, 5.74) is 1.94. The van der Waals surface area contributed by atoms with Gasteiger partial charge in [-0.1, -0.05) is 28.9 Å². The van der Waals surface area contributed by atoms with Crippen molar-refractivity contribution >= 4 is 15.9 Å². The average Bonchev–Trinajstić information content (AvgIpc) is 2.77. The Balaban J connectivity index is 2.45. The van der Waals surface area contributed by atoms with Crippen molar-refractivity contribution in [3.05, 3.63) is 46.5 Å². The molecule has 0 saturated carbocycles. The number of hydrogen-bond donors (Lipinski definition) is 1. The summed E-state index contributed by atoms with van der Waals surface area (Å²) in [6.45, 7) is 2.13. The lowest BCUT2D eigenvalue weighted by Crippen LogP contribution is -1.99. The van der Waals surface area contributed by atoms with Gasteiger partial charge in [0.2, 0.25) is 0 Å². The third kappa shape index (κ3) is 2.03. The van der Waals surface area contributed by atoms with E-state index in [1.807, 2.05) is 29.0 Å². The molecule has 0 atom stereocenters. The third-order valence-corrected chi connectivity index (χ3v) is 3.26. The molecule has 2 rings (SSSR count). The minimum Gasteiger partial charge on any atom is -0.392 e. The Morgan fingerprint density at radius 2 is 2.25 bits per heavy atom. The van der Waals surface area contributed by atoms with E-state index in [0.717, 1.165) is 28.0 Å². The van der Waals surface area contributed by atoms with Crippen LogP contribution >= 0.6 is 15.9 Å². The van der Waals surface area contributed by atoms with Crippen molar-refractivity contribution in [1.82, 2.24) is 9.55 Å². The van der Waals surface area contributed by atoms with Gasteiger partial charge in [0.1, 0.15) is 5.82 Å². The van der Waals surface area contributed by atoms with Crippen LogP contribution < -0.4 is 0 Å². The molecule has 0 aliphatic heterocycles. The van der Waals surface area contributed by atoms with Crippen LogP contribution in [0.2, 0.25) is 0 Å². The lowest BCUT2D eigenvalue weighted by Gasteiger charge is -2.08. The van der Waals surface area contributed by atoms with E-state index in [1.165, 1.54) is 0 Å². The highest BCUT2D eigenvalue weighted by atomic mass is 79.9. The molecular weight excluding hydrogens is 268 g/mol. The Hall–Kier alpha value is -1.13. The van der Waals surface area contributed by atoms with Crippen LogP contribution in [-0.2, 0) is 13.0 Å². The summed E-state index contributed by atoms with van der Waals surface area (Å²) in [6.07, 6.45) is 4.64. The van der Waals surface area contributed by atoms with Gasteiger partial charge in [0, 0.05) is 29.0 Å². The summed E-state index contributed by atoms with van der Waals surface area (Å²) in [5.74, 6) is 1.03. The SMILES string of the molecule is CCc1nccn1-c1ccc(CO)c(Br)c1. The predicted molar refractivity (Wildman–Crippen MR) is 66.6 cm³/mol. The predicted octanol–water partition coefficient (Wildman–Crippen LogP) is 2.69. The largest absolute Gasteiger partial charge is 0.392 e. The highest BCUT2D eigenvalue weighted by Gasteiger charge is 2.05. The van der Waals surface area contributed by atoms with Gasteiger partial charge in [0.25, 0.3) is 0 Å². The van der Waals surface area contributed by atoms with Gasteiger partial charge in [0.05, 0.1) is 6.61 Å². The molecule has 0 spiro atoms. The molecule has 1 heterocycles. The lowest BCUT2D eigenvalue weighted by molar-refractivity contribution is 0.281. The molecule has 0 radical (unpaired) electrons. The second-order valence-corrected chi connectivity index (χ2v) is 4.36. The van der Waals surface area contributed by atoms with Crippen LogP contribution in [0.3, 0.4) is 0 Å². The number of aromatic nitrogens is 2. The normalized spacial score (nSPS) is 10.7. The topological polar surface area (TPSA) is 38.0 Å². The molecule has 4 heteroatoms. The van der Waals surface area contributed by atoms with Gasteiger partial charge in [-0.25, -0.2) is 4.98 Å². The van der Waals surface area contributed by atoms with Crippen LogP contribution in [0.5, 0.6) is 0 Å². The van der Waals surface area contributed by atoms with Gasteiger partial charge >= 0.3 is 0 Å². The molecule has 0 fully saturated rings. The van der Waals surface area contributed by atoms with Crippen molar-refractivity contribution in [3.63, 3.8) is 0 Å². The Morgan fingerprint density at radius 1 is 1.44 bits per heavy atom. The highest BCUT2D eigenvalue weighted by Crippen LogP contribution is 2.21. The van der Waals surface area contributed by atoms with E-state index < -0.39 is 0 Å². The zero-order valence-electron chi connectivity index (χ0n) is 9.02. The molecule has 0 aliphatic rings.